The first-order valence-corrected chi connectivity index (χ1v) is 9.40. The zero-order valence-corrected chi connectivity index (χ0v) is 15.9. The van der Waals surface area contributed by atoms with Crippen molar-refractivity contribution >= 4 is 17.0 Å². The van der Waals surface area contributed by atoms with Crippen molar-refractivity contribution in [1.29, 1.82) is 0 Å². The summed E-state index contributed by atoms with van der Waals surface area (Å²) in [7, 11) is 0. The molecule has 0 bridgehead atoms. The number of aromatic nitrogens is 2. The van der Waals surface area contributed by atoms with Crippen molar-refractivity contribution in [2.24, 2.45) is 0 Å². The third-order valence-electron chi connectivity index (χ3n) is 5.26. The number of nitrogens with one attached hydrogen (secondary N) is 1. The Kier molecular flexibility index (Phi) is 4.85. The van der Waals surface area contributed by atoms with E-state index in [1.54, 1.807) is 18.2 Å². The summed E-state index contributed by atoms with van der Waals surface area (Å²) in [5.41, 5.74) is 1.89. The van der Waals surface area contributed by atoms with Gasteiger partial charge in [0.1, 0.15) is 5.82 Å². The Labute approximate surface area is 162 Å². The molecule has 0 aliphatic carbocycles. The summed E-state index contributed by atoms with van der Waals surface area (Å²) in [5.74, 6) is -0.389. The van der Waals surface area contributed by atoms with E-state index in [1.165, 1.54) is 18.3 Å². The van der Waals surface area contributed by atoms with Crippen molar-refractivity contribution in [2.75, 3.05) is 13.2 Å². The van der Waals surface area contributed by atoms with Gasteiger partial charge < -0.3 is 14.6 Å². The lowest BCUT2D eigenvalue weighted by Gasteiger charge is -2.38. The summed E-state index contributed by atoms with van der Waals surface area (Å²) in [6.45, 7) is 5.07. The van der Waals surface area contributed by atoms with Gasteiger partial charge in [-0.25, -0.2) is 9.37 Å². The number of amides is 1. The van der Waals surface area contributed by atoms with Crippen LogP contribution in [0.3, 0.4) is 0 Å². The highest BCUT2D eigenvalue weighted by atomic mass is 19.1. The maximum absolute atomic E-state index is 13.4. The standard InChI is InChI=1S/C21H22FN3O3/c1-13(2)18-17-11-14(12-23-20(17)28-25-18)19(26)24-21(7-9-27-10-8-21)15-3-5-16(22)6-4-15/h3-6,11-13H,7-10H2,1-2H3,(H,24,26). The molecule has 28 heavy (non-hydrogen) atoms. The number of carbonyl (C=O) groups excluding carboxylic acids is 1. The number of pyridine rings is 1. The van der Waals surface area contributed by atoms with E-state index in [4.69, 9.17) is 9.26 Å². The van der Waals surface area contributed by atoms with Crippen LogP contribution in [0.4, 0.5) is 4.39 Å². The van der Waals surface area contributed by atoms with Gasteiger partial charge in [-0.1, -0.05) is 31.1 Å². The van der Waals surface area contributed by atoms with Gasteiger partial charge >= 0.3 is 0 Å². The van der Waals surface area contributed by atoms with Crippen LogP contribution >= 0.6 is 0 Å². The molecule has 4 rings (SSSR count). The molecule has 3 heterocycles. The lowest BCUT2D eigenvalue weighted by atomic mass is 9.82. The van der Waals surface area contributed by atoms with Gasteiger partial charge in [0.25, 0.3) is 11.6 Å². The second-order valence-corrected chi connectivity index (χ2v) is 7.45. The van der Waals surface area contributed by atoms with Gasteiger partial charge in [-0.2, -0.15) is 0 Å². The van der Waals surface area contributed by atoms with Crippen molar-refractivity contribution in [3.05, 3.63) is 59.2 Å². The molecular weight excluding hydrogens is 361 g/mol. The van der Waals surface area contributed by atoms with Crippen LogP contribution in [0.15, 0.2) is 41.1 Å². The van der Waals surface area contributed by atoms with Crippen LogP contribution in [0.1, 0.15) is 54.2 Å². The first-order chi connectivity index (χ1) is 13.5. The van der Waals surface area contributed by atoms with Gasteiger partial charge in [-0.3, -0.25) is 4.79 Å². The van der Waals surface area contributed by atoms with Gasteiger partial charge in [0, 0.05) is 19.4 Å². The Morgan fingerprint density at radius 1 is 1.21 bits per heavy atom. The predicted molar refractivity (Wildman–Crippen MR) is 101 cm³/mol. The molecule has 3 aromatic rings. The number of halogens is 1. The molecule has 2 aromatic heterocycles. The van der Waals surface area contributed by atoms with Crippen LogP contribution in [0.2, 0.25) is 0 Å². The maximum atomic E-state index is 13.4. The fraction of sp³-hybridized carbons (Fsp3) is 0.381. The fourth-order valence-corrected chi connectivity index (χ4v) is 3.65. The van der Waals surface area contributed by atoms with E-state index in [-0.39, 0.29) is 17.6 Å². The topological polar surface area (TPSA) is 77.2 Å². The minimum Gasteiger partial charge on any atom is -0.381 e. The molecule has 0 radical (unpaired) electrons. The number of fused-ring (bicyclic) bond motifs is 1. The van der Waals surface area contributed by atoms with Gasteiger partial charge in [-0.15, -0.1) is 0 Å². The second-order valence-electron chi connectivity index (χ2n) is 7.45. The number of benzene rings is 1. The molecular formula is C21H22FN3O3. The molecule has 7 heteroatoms. The molecule has 1 aliphatic heterocycles. The molecule has 1 aliphatic rings. The summed E-state index contributed by atoms with van der Waals surface area (Å²) >= 11 is 0. The third kappa shape index (κ3) is 3.38. The Morgan fingerprint density at radius 3 is 2.61 bits per heavy atom. The SMILES string of the molecule is CC(C)c1noc2ncc(C(=O)NC3(c4ccc(F)cc4)CCOCC3)cc12. The van der Waals surface area contributed by atoms with Gasteiger partial charge in [-0.05, 0) is 42.5 Å². The number of hydrogen-bond donors (Lipinski definition) is 1. The number of ether oxygens (including phenoxy) is 1. The smallest absolute Gasteiger partial charge is 0.257 e. The molecule has 1 fully saturated rings. The van der Waals surface area contributed by atoms with Crippen LogP contribution in [-0.2, 0) is 10.3 Å². The van der Waals surface area contributed by atoms with Gasteiger partial charge in [0.15, 0.2) is 0 Å². The largest absolute Gasteiger partial charge is 0.381 e. The molecule has 0 atom stereocenters. The first-order valence-electron chi connectivity index (χ1n) is 9.40. The Hall–Kier alpha value is -2.80. The van der Waals surface area contributed by atoms with Crippen molar-refractivity contribution in [3.63, 3.8) is 0 Å². The lowest BCUT2D eigenvalue weighted by molar-refractivity contribution is 0.0345. The van der Waals surface area contributed by atoms with E-state index >= 15 is 0 Å². The number of rotatable bonds is 4. The van der Waals surface area contributed by atoms with Crippen molar-refractivity contribution in [1.82, 2.24) is 15.5 Å². The minimum absolute atomic E-state index is 0.155. The van der Waals surface area contributed by atoms with Crippen LogP contribution in [-0.4, -0.2) is 29.3 Å². The molecule has 1 amide bonds. The second kappa shape index (κ2) is 7.31. The minimum atomic E-state index is -0.604. The predicted octanol–water partition coefficient (Wildman–Crippen LogP) is 3.92. The zero-order valence-electron chi connectivity index (χ0n) is 15.9. The summed E-state index contributed by atoms with van der Waals surface area (Å²) in [4.78, 5) is 17.3. The Bertz CT molecular complexity index is 992. The Balaban J connectivity index is 1.67. The molecule has 146 valence electrons. The highest BCUT2D eigenvalue weighted by Crippen LogP contribution is 2.33. The molecule has 1 saturated heterocycles. The number of hydrogen-bond acceptors (Lipinski definition) is 5. The van der Waals surface area contributed by atoms with E-state index in [2.05, 4.69) is 15.5 Å². The van der Waals surface area contributed by atoms with E-state index < -0.39 is 5.54 Å². The maximum Gasteiger partial charge on any atom is 0.257 e. The number of carbonyl (C=O) groups is 1. The highest BCUT2D eigenvalue weighted by Gasteiger charge is 2.36. The first kappa shape index (κ1) is 18.6. The van der Waals surface area contributed by atoms with Crippen LogP contribution < -0.4 is 5.32 Å². The van der Waals surface area contributed by atoms with E-state index in [0.717, 1.165) is 16.6 Å². The summed E-state index contributed by atoms with van der Waals surface area (Å²) < 4.78 is 24.1. The van der Waals surface area contributed by atoms with E-state index in [0.29, 0.717) is 37.3 Å². The van der Waals surface area contributed by atoms with Crippen molar-refractivity contribution in [2.45, 2.75) is 38.1 Å². The molecule has 6 nitrogen and oxygen atoms in total. The van der Waals surface area contributed by atoms with Crippen LogP contribution in [0, 0.1) is 5.82 Å². The zero-order chi connectivity index (χ0) is 19.7. The highest BCUT2D eigenvalue weighted by molar-refractivity contribution is 5.97. The van der Waals surface area contributed by atoms with Crippen molar-refractivity contribution < 1.29 is 18.4 Å². The molecule has 1 N–H and O–H groups in total. The third-order valence-corrected chi connectivity index (χ3v) is 5.26. The quantitative estimate of drug-likeness (QED) is 0.739. The average molecular weight is 383 g/mol. The van der Waals surface area contributed by atoms with Crippen LogP contribution in [0.5, 0.6) is 0 Å². The van der Waals surface area contributed by atoms with Gasteiger partial charge in [0.2, 0.25) is 0 Å². The normalized spacial score (nSPS) is 16.4. The van der Waals surface area contributed by atoms with Crippen LogP contribution in [0.25, 0.3) is 11.1 Å². The molecule has 1 aromatic carbocycles. The van der Waals surface area contributed by atoms with Gasteiger partial charge in [0.05, 0.1) is 22.2 Å². The fourth-order valence-electron chi connectivity index (χ4n) is 3.65. The summed E-state index contributed by atoms with van der Waals surface area (Å²) in [6, 6.07) is 8.04. The molecule has 0 saturated carbocycles. The monoisotopic (exact) mass is 383 g/mol. The van der Waals surface area contributed by atoms with E-state index in [9.17, 15) is 9.18 Å². The average Bonchev–Trinajstić information content (AvgIpc) is 3.12. The summed E-state index contributed by atoms with van der Waals surface area (Å²) in [5, 5.41) is 7.96. The van der Waals surface area contributed by atoms with E-state index in [1.807, 2.05) is 13.8 Å². The van der Waals surface area contributed by atoms with Crippen molar-refractivity contribution in [3.8, 4) is 0 Å². The molecule has 0 spiro atoms. The summed E-state index contributed by atoms with van der Waals surface area (Å²) in [6.07, 6.45) is 2.72. The Morgan fingerprint density at radius 2 is 1.93 bits per heavy atom. The molecule has 0 unspecified atom stereocenters. The lowest BCUT2D eigenvalue weighted by Crippen LogP contribution is -2.49. The number of nitrogens with zero attached hydrogens (tertiary/aromatic N) is 2.